The molecular formula is C32H54N2O5. The molecule has 1 aromatic rings. The number of fused-ring (bicyclic) bond motifs is 1. The van der Waals surface area contributed by atoms with E-state index in [-0.39, 0.29) is 24.6 Å². The van der Waals surface area contributed by atoms with Gasteiger partial charge in [0.25, 0.3) is 0 Å². The van der Waals surface area contributed by atoms with Crippen molar-refractivity contribution in [3.05, 3.63) is 35.9 Å². The minimum Gasteiger partial charge on any atom is -0.379 e. The Labute approximate surface area is 237 Å². The predicted molar refractivity (Wildman–Crippen MR) is 155 cm³/mol. The van der Waals surface area contributed by atoms with E-state index >= 15 is 0 Å². The van der Waals surface area contributed by atoms with Gasteiger partial charge in [-0.1, -0.05) is 82.2 Å². The van der Waals surface area contributed by atoms with Gasteiger partial charge in [0, 0.05) is 52.5 Å². The van der Waals surface area contributed by atoms with E-state index in [0.29, 0.717) is 6.61 Å². The van der Waals surface area contributed by atoms with Gasteiger partial charge in [-0.25, -0.2) is 0 Å². The first kappa shape index (κ1) is 30.9. The summed E-state index contributed by atoms with van der Waals surface area (Å²) in [6.07, 6.45) is 10.5. The lowest BCUT2D eigenvalue weighted by Gasteiger charge is -2.34. The molecule has 3 fully saturated rings. The van der Waals surface area contributed by atoms with Gasteiger partial charge in [-0.05, 0) is 32.3 Å². The topological polar surface area (TPSA) is 52.6 Å². The standard InChI is InChI=1S/C32H54N2O5/c1-4-5-6-7-8-9-10-14-24-36-29-28(37-31-30(29)38-32(2,3)39-31)26-35-23-15-18-33-19-21-34(22-20-33)25-27-16-12-11-13-17-27/h11-13,16-17,28-31H,4-10,14-15,18-26H2,1-3H3/t28-,29-,30-,31-/m1/s1. The van der Waals surface area contributed by atoms with Crippen molar-refractivity contribution in [1.82, 2.24) is 9.80 Å². The fourth-order valence-electron chi connectivity index (χ4n) is 5.94. The summed E-state index contributed by atoms with van der Waals surface area (Å²) in [6.45, 7) is 14.8. The van der Waals surface area contributed by atoms with Crippen molar-refractivity contribution in [3.8, 4) is 0 Å². The van der Waals surface area contributed by atoms with Crippen molar-refractivity contribution in [2.75, 3.05) is 52.5 Å². The fourth-order valence-corrected chi connectivity index (χ4v) is 5.94. The van der Waals surface area contributed by atoms with Crippen molar-refractivity contribution < 1.29 is 23.7 Å². The number of ether oxygens (including phenoxy) is 5. The first-order chi connectivity index (χ1) is 19.0. The average molecular weight is 547 g/mol. The van der Waals surface area contributed by atoms with E-state index < -0.39 is 5.79 Å². The fraction of sp³-hybridized carbons (Fsp3) is 0.812. The quantitative estimate of drug-likeness (QED) is 0.222. The third-order valence-corrected chi connectivity index (χ3v) is 8.15. The number of hydrogen-bond acceptors (Lipinski definition) is 7. The van der Waals surface area contributed by atoms with Crippen LogP contribution in [0.2, 0.25) is 0 Å². The molecule has 4 atom stereocenters. The van der Waals surface area contributed by atoms with E-state index in [1.807, 2.05) is 13.8 Å². The summed E-state index contributed by atoms with van der Waals surface area (Å²) in [6, 6.07) is 10.8. The van der Waals surface area contributed by atoms with Crippen LogP contribution in [0.4, 0.5) is 0 Å². The largest absolute Gasteiger partial charge is 0.379 e. The molecule has 1 aromatic carbocycles. The molecule has 4 rings (SSSR count). The second kappa shape index (κ2) is 16.4. The maximum absolute atomic E-state index is 6.35. The van der Waals surface area contributed by atoms with Crippen LogP contribution in [-0.2, 0) is 30.2 Å². The van der Waals surface area contributed by atoms with Gasteiger partial charge in [0.1, 0.15) is 18.3 Å². The highest BCUT2D eigenvalue weighted by molar-refractivity contribution is 5.14. The molecule has 39 heavy (non-hydrogen) atoms. The SMILES string of the molecule is CCCCCCCCCCO[C@H]1[C@H]2OC(C)(C)O[C@H]2O[C@@H]1COCCCN1CCN(Cc2ccccc2)CC1. The van der Waals surface area contributed by atoms with Gasteiger partial charge in [-0.2, -0.15) is 0 Å². The zero-order valence-electron chi connectivity index (χ0n) is 24.9. The zero-order chi connectivity index (χ0) is 27.3. The third kappa shape index (κ3) is 10.4. The molecule has 3 aliphatic heterocycles. The Balaban J connectivity index is 1.09. The van der Waals surface area contributed by atoms with Gasteiger partial charge >= 0.3 is 0 Å². The number of rotatable bonds is 18. The molecule has 0 aromatic heterocycles. The van der Waals surface area contributed by atoms with Crippen LogP contribution in [0.25, 0.3) is 0 Å². The summed E-state index contributed by atoms with van der Waals surface area (Å²) in [4.78, 5) is 5.11. The molecule has 0 saturated carbocycles. The van der Waals surface area contributed by atoms with E-state index in [9.17, 15) is 0 Å². The molecular weight excluding hydrogens is 492 g/mol. The van der Waals surface area contributed by atoms with Gasteiger partial charge in [-0.3, -0.25) is 4.90 Å². The van der Waals surface area contributed by atoms with Gasteiger partial charge in [0.05, 0.1) is 6.61 Å². The summed E-state index contributed by atoms with van der Waals surface area (Å²) in [5.74, 6) is -0.633. The Bertz CT molecular complexity index is 786. The molecule has 0 amide bonds. The van der Waals surface area contributed by atoms with Crippen LogP contribution >= 0.6 is 0 Å². The first-order valence-corrected chi connectivity index (χ1v) is 15.7. The highest BCUT2D eigenvalue weighted by atomic mass is 16.8. The molecule has 0 unspecified atom stereocenters. The summed E-state index contributed by atoms with van der Waals surface area (Å²) >= 11 is 0. The predicted octanol–water partition coefficient (Wildman–Crippen LogP) is 5.61. The molecule has 0 bridgehead atoms. The van der Waals surface area contributed by atoms with Crippen molar-refractivity contribution >= 4 is 0 Å². The van der Waals surface area contributed by atoms with Crippen LogP contribution in [0.15, 0.2) is 30.3 Å². The Morgan fingerprint density at radius 1 is 0.821 bits per heavy atom. The first-order valence-electron chi connectivity index (χ1n) is 15.7. The van der Waals surface area contributed by atoms with E-state index in [2.05, 4.69) is 47.1 Å². The lowest BCUT2D eigenvalue weighted by Crippen LogP contribution is -2.46. The van der Waals surface area contributed by atoms with Crippen molar-refractivity contribution in [2.45, 2.75) is 115 Å². The number of benzene rings is 1. The van der Waals surface area contributed by atoms with Crippen LogP contribution < -0.4 is 0 Å². The minimum atomic E-state index is -0.633. The lowest BCUT2D eigenvalue weighted by atomic mass is 10.1. The van der Waals surface area contributed by atoms with Crippen LogP contribution in [0.1, 0.15) is 84.1 Å². The Morgan fingerprint density at radius 3 is 2.26 bits per heavy atom. The second-order valence-electron chi connectivity index (χ2n) is 12.0. The van der Waals surface area contributed by atoms with Crippen molar-refractivity contribution in [3.63, 3.8) is 0 Å². The molecule has 222 valence electrons. The van der Waals surface area contributed by atoms with E-state index in [4.69, 9.17) is 23.7 Å². The van der Waals surface area contributed by atoms with Crippen molar-refractivity contribution in [1.29, 1.82) is 0 Å². The molecule has 3 aliphatic rings. The van der Waals surface area contributed by atoms with Gasteiger partial charge < -0.3 is 28.6 Å². The van der Waals surface area contributed by atoms with Crippen LogP contribution in [-0.4, -0.2) is 92.7 Å². The van der Waals surface area contributed by atoms with Crippen LogP contribution in [0.5, 0.6) is 0 Å². The Morgan fingerprint density at radius 2 is 1.51 bits per heavy atom. The molecule has 3 saturated heterocycles. The molecule has 0 radical (unpaired) electrons. The molecule has 7 nitrogen and oxygen atoms in total. The monoisotopic (exact) mass is 546 g/mol. The van der Waals surface area contributed by atoms with E-state index in [1.54, 1.807) is 0 Å². The number of hydrogen-bond donors (Lipinski definition) is 0. The van der Waals surface area contributed by atoms with Gasteiger partial charge in [0.15, 0.2) is 12.1 Å². The highest BCUT2D eigenvalue weighted by Gasteiger charge is 2.55. The number of unbranched alkanes of at least 4 members (excludes halogenated alkanes) is 7. The van der Waals surface area contributed by atoms with E-state index in [1.165, 1.54) is 50.5 Å². The van der Waals surface area contributed by atoms with Crippen molar-refractivity contribution in [2.24, 2.45) is 0 Å². The highest BCUT2D eigenvalue weighted by Crippen LogP contribution is 2.39. The van der Waals surface area contributed by atoms with Gasteiger partial charge in [-0.15, -0.1) is 0 Å². The molecule has 0 N–H and O–H groups in total. The average Bonchev–Trinajstić information content (AvgIpc) is 3.40. The summed E-state index contributed by atoms with van der Waals surface area (Å²) in [5.41, 5.74) is 1.40. The Kier molecular flexibility index (Phi) is 13.0. The minimum absolute atomic E-state index is 0.140. The van der Waals surface area contributed by atoms with Crippen LogP contribution in [0, 0.1) is 0 Å². The van der Waals surface area contributed by atoms with E-state index in [0.717, 1.165) is 65.3 Å². The van der Waals surface area contributed by atoms with Crippen LogP contribution in [0.3, 0.4) is 0 Å². The van der Waals surface area contributed by atoms with Gasteiger partial charge in [0.2, 0.25) is 0 Å². The summed E-state index contributed by atoms with van der Waals surface area (Å²) in [5, 5.41) is 0. The molecule has 7 heteroatoms. The number of nitrogens with zero attached hydrogens (tertiary/aromatic N) is 2. The third-order valence-electron chi connectivity index (χ3n) is 8.15. The Hall–Kier alpha value is -1.06. The molecule has 3 heterocycles. The second-order valence-corrected chi connectivity index (χ2v) is 12.0. The molecule has 0 spiro atoms. The summed E-state index contributed by atoms with van der Waals surface area (Å²) < 4.78 is 30.8. The molecule has 0 aliphatic carbocycles. The maximum atomic E-state index is 6.35. The maximum Gasteiger partial charge on any atom is 0.190 e. The normalized spacial score (nSPS) is 27.3. The number of piperazine rings is 1. The lowest BCUT2D eigenvalue weighted by molar-refractivity contribution is -0.223. The smallest absolute Gasteiger partial charge is 0.190 e. The summed E-state index contributed by atoms with van der Waals surface area (Å²) in [7, 11) is 0. The zero-order valence-corrected chi connectivity index (χ0v) is 24.9.